The summed E-state index contributed by atoms with van der Waals surface area (Å²) >= 11 is 2.63. The van der Waals surface area contributed by atoms with E-state index in [-0.39, 0.29) is 23.2 Å². The van der Waals surface area contributed by atoms with Gasteiger partial charge in [0.25, 0.3) is 0 Å². The summed E-state index contributed by atoms with van der Waals surface area (Å²) in [5, 5.41) is 14.6. The van der Waals surface area contributed by atoms with E-state index in [0.717, 1.165) is 5.76 Å². The number of rotatable bonds is 7. The van der Waals surface area contributed by atoms with E-state index in [1.807, 2.05) is 12.1 Å². The number of carbonyl (C=O) groups is 1. The van der Waals surface area contributed by atoms with Gasteiger partial charge in [-0.2, -0.15) is 0 Å². The van der Waals surface area contributed by atoms with Gasteiger partial charge in [0.15, 0.2) is 14.2 Å². The number of nitrogens with zero attached hydrogens (tertiary/aromatic N) is 2. The van der Waals surface area contributed by atoms with E-state index in [9.17, 15) is 13.2 Å². The van der Waals surface area contributed by atoms with Gasteiger partial charge in [-0.05, 0) is 25.5 Å². The van der Waals surface area contributed by atoms with Gasteiger partial charge < -0.3 is 15.1 Å². The summed E-state index contributed by atoms with van der Waals surface area (Å²) in [7, 11) is -3.05. The number of nitrogens with one attached hydrogen (secondary N) is 2. The average Bonchev–Trinajstić information content (AvgIpc) is 3.24. The van der Waals surface area contributed by atoms with E-state index in [2.05, 4.69) is 20.8 Å². The zero-order valence-electron chi connectivity index (χ0n) is 13.5. The minimum Gasteiger partial charge on any atom is -0.467 e. The molecule has 1 unspecified atom stereocenters. The maximum absolute atomic E-state index is 12.1. The Kier molecular flexibility index (Phi) is 5.35. The minimum absolute atomic E-state index is 0.00391. The summed E-state index contributed by atoms with van der Waals surface area (Å²) in [5.41, 5.74) is -0.673. The van der Waals surface area contributed by atoms with Crippen molar-refractivity contribution < 1.29 is 17.6 Å². The zero-order valence-corrected chi connectivity index (χ0v) is 16.0. The predicted molar refractivity (Wildman–Crippen MR) is 96.5 cm³/mol. The quantitative estimate of drug-likeness (QED) is 0.670. The summed E-state index contributed by atoms with van der Waals surface area (Å²) in [6.07, 6.45) is 2.05. The van der Waals surface area contributed by atoms with Crippen molar-refractivity contribution in [1.29, 1.82) is 0 Å². The number of thioether (sulfide) groups is 1. The molecule has 2 aromatic heterocycles. The van der Waals surface area contributed by atoms with Gasteiger partial charge in [0.05, 0.1) is 35.6 Å². The van der Waals surface area contributed by atoms with E-state index in [1.165, 1.54) is 23.1 Å². The number of sulfone groups is 1. The molecule has 11 heteroatoms. The number of anilines is 1. The molecule has 3 rings (SSSR count). The Bertz CT molecular complexity index is 834. The van der Waals surface area contributed by atoms with Gasteiger partial charge >= 0.3 is 0 Å². The highest BCUT2D eigenvalue weighted by Gasteiger charge is 2.39. The highest BCUT2D eigenvalue weighted by Crippen LogP contribution is 2.27. The maximum Gasteiger partial charge on any atom is 0.230 e. The van der Waals surface area contributed by atoms with Gasteiger partial charge in [0, 0.05) is 0 Å². The molecule has 0 aromatic carbocycles. The summed E-state index contributed by atoms with van der Waals surface area (Å²) in [6, 6.07) is 3.67. The fraction of sp³-hybridized carbons (Fsp3) is 0.500. The Hall–Kier alpha value is -1.59. The first-order valence-corrected chi connectivity index (χ1v) is 11.2. The Labute approximate surface area is 153 Å². The van der Waals surface area contributed by atoms with Crippen molar-refractivity contribution in [2.75, 3.05) is 22.6 Å². The van der Waals surface area contributed by atoms with Crippen LogP contribution in [0.15, 0.2) is 27.2 Å². The number of aromatic nitrogens is 2. The molecule has 1 fully saturated rings. The van der Waals surface area contributed by atoms with Crippen LogP contribution in [0.1, 0.15) is 19.1 Å². The lowest BCUT2D eigenvalue weighted by Crippen LogP contribution is -2.47. The average molecular weight is 403 g/mol. The second kappa shape index (κ2) is 7.34. The third kappa shape index (κ3) is 5.19. The van der Waals surface area contributed by atoms with Gasteiger partial charge in [-0.15, -0.1) is 10.2 Å². The van der Waals surface area contributed by atoms with Crippen LogP contribution in [0.5, 0.6) is 0 Å². The van der Waals surface area contributed by atoms with Crippen molar-refractivity contribution in [3.05, 3.63) is 24.2 Å². The van der Waals surface area contributed by atoms with Crippen LogP contribution in [0, 0.1) is 0 Å². The first kappa shape index (κ1) is 18.2. The summed E-state index contributed by atoms with van der Waals surface area (Å²) in [4.78, 5) is 12.1. The lowest BCUT2D eigenvalue weighted by molar-refractivity contribution is -0.120. The summed E-state index contributed by atoms with van der Waals surface area (Å²) in [6.45, 7) is 2.28. The molecule has 2 aromatic rings. The standard InChI is InChI=1S/C14H18N4O4S3/c1-14(4-6-25(20,21)9-14)16-11(19)8-23-13-18-17-12(24-13)15-7-10-3-2-5-22-10/h2-3,5H,4,6-9H2,1H3,(H,15,17)(H,16,19). The molecule has 8 nitrogen and oxygen atoms in total. The predicted octanol–water partition coefficient (Wildman–Crippen LogP) is 1.53. The van der Waals surface area contributed by atoms with Crippen molar-refractivity contribution >= 4 is 44.0 Å². The maximum atomic E-state index is 12.1. The first-order chi connectivity index (χ1) is 11.8. The van der Waals surface area contributed by atoms with Crippen LogP contribution in [0.25, 0.3) is 0 Å². The zero-order chi connectivity index (χ0) is 17.9. The first-order valence-electron chi connectivity index (χ1n) is 7.58. The van der Waals surface area contributed by atoms with Gasteiger partial charge in [-0.3, -0.25) is 4.79 Å². The van der Waals surface area contributed by atoms with E-state index < -0.39 is 15.4 Å². The number of furan rings is 1. The third-order valence-electron chi connectivity index (χ3n) is 3.67. The Balaban J connectivity index is 1.45. The lowest BCUT2D eigenvalue weighted by Gasteiger charge is -2.23. The van der Waals surface area contributed by atoms with Crippen molar-refractivity contribution in [3.8, 4) is 0 Å². The monoisotopic (exact) mass is 402 g/mol. The number of hydrogen-bond acceptors (Lipinski definition) is 9. The van der Waals surface area contributed by atoms with E-state index in [4.69, 9.17) is 4.42 Å². The largest absolute Gasteiger partial charge is 0.467 e. The number of carbonyl (C=O) groups excluding carboxylic acids is 1. The molecule has 136 valence electrons. The minimum atomic E-state index is -3.05. The fourth-order valence-electron chi connectivity index (χ4n) is 2.52. The molecule has 1 aliphatic rings. The third-order valence-corrected chi connectivity index (χ3v) is 7.59. The highest BCUT2D eigenvalue weighted by molar-refractivity contribution is 8.01. The van der Waals surface area contributed by atoms with Crippen LogP contribution < -0.4 is 10.6 Å². The molecule has 2 N–H and O–H groups in total. The highest BCUT2D eigenvalue weighted by atomic mass is 32.2. The molecule has 0 saturated carbocycles. The molecule has 0 radical (unpaired) electrons. The van der Waals surface area contributed by atoms with Crippen LogP contribution in [0.4, 0.5) is 5.13 Å². The molecule has 1 saturated heterocycles. The van der Waals surface area contributed by atoms with Crippen LogP contribution in [0.2, 0.25) is 0 Å². The van der Waals surface area contributed by atoms with Gasteiger partial charge in [-0.25, -0.2) is 8.42 Å². The topological polar surface area (TPSA) is 114 Å². The number of hydrogen-bond donors (Lipinski definition) is 2. The second-order valence-corrected chi connectivity index (χ2v) is 10.4. The Morgan fingerprint density at radius 2 is 2.32 bits per heavy atom. The lowest BCUT2D eigenvalue weighted by atomic mass is 10.0. The fourth-order valence-corrected chi connectivity index (χ4v) is 6.17. The molecule has 1 aliphatic heterocycles. The SMILES string of the molecule is CC1(NC(=O)CSc2nnc(NCc3ccco3)s2)CCS(=O)(=O)C1. The van der Waals surface area contributed by atoms with Crippen molar-refractivity contribution in [3.63, 3.8) is 0 Å². The molecular weight excluding hydrogens is 384 g/mol. The van der Waals surface area contributed by atoms with Crippen LogP contribution in [-0.4, -0.2) is 47.3 Å². The molecule has 1 atom stereocenters. The van der Waals surface area contributed by atoms with Gasteiger partial charge in [-0.1, -0.05) is 23.1 Å². The molecule has 0 bridgehead atoms. The van der Waals surface area contributed by atoms with Crippen LogP contribution in [0.3, 0.4) is 0 Å². The molecule has 3 heterocycles. The Morgan fingerprint density at radius 1 is 1.48 bits per heavy atom. The normalized spacial score (nSPS) is 22.0. The molecule has 0 spiro atoms. The molecule has 25 heavy (non-hydrogen) atoms. The molecule has 0 aliphatic carbocycles. The molecular formula is C14H18N4O4S3. The number of amides is 1. The summed E-state index contributed by atoms with van der Waals surface area (Å²) in [5.74, 6) is 0.879. The molecule has 1 amide bonds. The van der Waals surface area contributed by atoms with Crippen molar-refractivity contribution in [2.45, 2.75) is 29.8 Å². The van der Waals surface area contributed by atoms with E-state index >= 15 is 0 Å². The van der Waals surface area contributed by atoms with Crippen LogP contribution in [-0.2, 0) is 21.2 Å². The van der Waals surface area contributed by atoms with Crippen molar-refractivity contribution in [2.24, 2.45) is 0 Å². The Morgan fingerprint density at radius 3 is 3.00 bits per heavy atom. The summed E-state index contributed by atoms with van der Waals surface area (Å²) < 4.78 is 29.0. The second-order valence-electron chi connectivity index (χ2n) is 6.05. The van der Waals surface area contributed by atoms with Gasteiger partial charge in [0.2, 0.25) is 11.0 Å². The van der Waals surface area contributed by atoms with Gasteiger partial charge in [0.1, 0.15) is 5.76 Å². The van der Waals surface area contributed by atoms with Crippen molar-refractivity contribution in [1.82, 2.24) is 15.5 Å². The van der Waals surface area contributed by atoms with E-state index in [1.54, 1.807) is 13.2 Å². The smallest absolute Gasteiger partial charge is 0.230 e. The van der Waals surface area contributed by atoms with E-state index in [0.29, 0.717) is 22.4 Å². The van der Waals surface area contributed by atoms with Crippen LogP contribution >= 0.6 is 23.1 Å².